The number of carbonyl (C=O) groups is 3. The van der Waals surface area contributed by atoms with Crippen molar-refractivity contribution in [2.75, 3.05) is 19.6 Å². The molecule has 4 unspecified atom stereocenters. The molecule has 2 aliphatic rings. The van der Waals surface area contributed by atoms with Crippen LogP contribution >= 0.6 is 0 Å². The van der Waals surface area contributed by atoms with E-state index in [-0.39, 0.29) is 31.5 Å². The predicted molar refractivity (Wildman–Crippen MR) is 127 cm³/mol. The Morgan fingerprint density at radius 2 is 2.06 bits per heavy atom. The molecule has 35 heavy (non-hydrogen) atoms. The van der Waals surface area contributed by atoms with Gasteiger partial charge in [-0.25, -0.2) is 9.59 Å². The molecular formula is C23H34N6O6. The molecule has 1 aromatic rings. The van der Waals surface area contributed by atoms with Crippen molar-refractivity contribution in [3.8, 4) is 0 Å². The van der Waals surface area contributed by atoms with Crippen LogP contribution < -0.4 is 26.7 Å². The van der Waals surface area contributed by atoms with Gasteiger partial charge < -0.3 is 20.5 Å². The number of hydroxylamine groups is 1. The van der Waals surface area contributed by atoms with Crippen molar-refractivity contribution in [1.82, 2.24) is 26.7 Å². The zero-order valence-corrected chi connectivity index (χ0v) is 19.6. The Labute approximate surface area is 204 Å². The lowest BCUT2D eigenvalue weighted by Gasteiger charge is -2.19. The highest BCUT2D eigenvalue weighted by atomic mass is 16.7. The van der Waals surface area contributed by atoms with Gasteiger partial charge >= 0.3 is 12.1 Å². The Morgan fingerprint density at radius 1 is 1.23 bits per heavy atom. The van der Waals surface area contributed by atoms with Gasteiger partial charge in [0.2, 0.25) is 5.91 Å². The van der Waals surface area contributed by atoms with E-state index in [1.807, 2.05) is 12.3 Å². The SMILES string of the molecule is O=C(NC(CNC(=O)C1CC(CCCCNC2N=CCCN2)ON1)C(=O)O)OCc1ccccc1. The van der Waals surface area contributed by atoms with Crippen LogP contribution in [0.5, 0.6) is 0 Å². The topological polar surface area (TPSA) is 162 Å². The number of benzene rings is 1. The highest BCUT2D eigenvalue weighted by Crippen LogP contribution is 2.16. The Morgan fingerprint density at radius 3 is 2.80 bits per heavy atom. The lowest BCUT2D eigenvalue weighted by atomic mass is 10.1. The molecular weight excluding hydrogens is 456 g/mol. The molecule has 192 valence electrons. The second-order valence-corrected chi connectivity index (χ2v) is 8.41. The average Bonchev–Trinajstić information content (AvgIpc) is 3.35. The van der Waals surface area contributed by atoms with Crippen LogP contribution in [0.4, 0.5) is 4.79 Å². The summed E-state index contributed by atoms with van der Waals surface area (Å²) < 4.78 is 5.05. The average molecular weight is 491 g/mol. The molecule has 1 saturated heterocycles. The lowest BCUT2D eigenvalue weighted by molar-refractivity contribution is -0.139. The van der Waals surface area contributed by atoms with Crippen LogP contribution in [0.3, 0.4) is 0 Å². The van der Waals surface area contributed by atoms with Crippen LogP contribution in [0.15, 0.2) is 35.3 Å². The quantitative estimate of drug-likeness (QED) is 0.213. The van der Waals surface area contributed by atoms with Crippen LogP contribution in [0.25, 0.3) is 0 Å². The molecule has 12 heteroatoms. The number of aliphatic carboxylic acids is 1. The minimum absolute atomic E-state index is 0.0115. The number of carboxylic acids is 1. The smallest absolute Gasteiger partial charge is 0.408 e. The van der Waals surface area contributed by atoms with Gasteiger partial charge in [0.1, 0.15) is 18.7 Å². The second kappa shape index (κ2) is 14.4. The van der Waals surface area contributed by atoms with Gasteiger partial charge in [-0.2, -0.15) is 5.48 Å². The number of carboxylic acid groups (broad SMARTS) is 1. The lowest BCUT2D eigenvalue weighted by Crippen LogP contribution is -2.51. The molecule has 2 aliphatic heterocycles. The maximum absolute atomic E-state index is 12.4. The highest BCUT2D eigenvalue weighted by Gasteiger charge is 2.31. The molecule has 3 rings (SSSR count). The van der Waals surface area contributed by atoms with E-state index in [1.165, 1.54) is 0 Å². The van der Waals surface area contributed by atoms with E-state index in [4.69, 9.17) is 9.57 Å². The van der Waals surface area contributed by atoms with Crippen LogP contribution in [0.1, 0.15) is 37.7 Å². The van der Waals surface area contributed by atoms with E-state index < -0.39 is 24.1 Å². The Kier molecular flexibility index (Phi) is 10.9. The molecule has 4 atom stereocenters. The van der Waals surface area contributed by atoms with Gasteiger partial charge in [0.15, 0.2) is 6.29 Å². The van der Waals surface area contributed by atoms with Crippen LogP contribution in [-0.2, 0) is 25.8 Å². The number of hydrogen-bond donors (Lipinski definition) is 6. The molecule has 0 bridgehead atoms. The van der Waals surface area contributed by atoms with E-state index in [9.17, 15) is 19.5 Å². The van der Waals surface area contributed by atoms with Crippen molar-refractivity contribution >= 4 is 24.2 Å². The molecule has 2 heterocycles. The summed E-state index contributed by atoms with van der Waals surface area (Å²) in [5, 5.41) is 20.8. The van der Waals surface area contributed by atoms with Gasteiger partial charge in [-0.15, -0.1) is 0 Å². The minimum Gasteiger partial charge on any atom is -0.480 e. The van der Waals surface area contributed by atoms with Crippen molar-refractivity contribution in [3.63, 3.8) is 0 Å². The standard InChI is InChI=1S/C23H34N6O6/c30-20(18-13-17(35-29-18)9-4-5-10-24-22-25-11-6-12-26-22)27-14-19(21(31)32)28-23(33)34-15-16-7-2-1-3-8-16/h1-3,7-8,11,17-19,22,24,26,29H,4-6,9-10,12-15H2,(H,27,30)(H,28,33)(H,31,32). The summed E-state index contributed by atoms with van der Waals surface area (Å²) in [7, 11) is 0. The Bertz CT molecular complexity index is 854. The largest absolute Gasteiger partial charge is 0.480 e. The Balaban J connectivity index is 1.29. The zero-order chi connectivity index (χ0) is 24.9. The summed E-state index contributed by atoms with van der Waals surface area (Å²) in [6, 6.07) is 7.11. The normalized spacial score (nSPS) is 22.3. The molecule has 0 radical (unpaired) electrons. The van der Waals surface area contributed by atoms with Crippen molar-refractivity contribution in [1.29, 1.82) is 0 Å². The fourth-order valence-electron chi connectivity index (χ4n) is 3.69. The molecule has 2 amide bonds. The maximum atomic E-state index is 12.4. The first-order chi connectivity index (χ1) is 17.0. The fourth-order valence-corrected chi connectivity index (χ4v) is 3.69. The number of hydrogen-bond acceptors (Lipinski definition) is 9. The molecule has 0 aliphatic carbocycles. The van der Waals surface area contributed by atoms with Crippen LogP contribution in [-0.4, -0.2) is 73.4 Å². The van der Waals surface area contributed by atoms with E-state index in [0.717, 1.165) is 44.3 Å². The van der Waals surface area contributed by atoms with E-state index in [0.29, 0.717) is 6.42 Å². The maximum Gasteiger partial charge on any atom is 0.408 e. The first kappa shape index (κ1) is 26.5. The number of alkyl carbamates (subject to hydrolysis) is 1. The number of nitrogens with zero attached hydrogens (tertiary/aromatic N) is 1. The Hall–Kier alpha value is -3.06. The van der Waals surface area contributed by atoms with Crippen LogP contribution in [0, 0.1) is 0 Å². The number of amides is 2. The van der Waals surface area contributed by atoms with E-state index in [1.54, 1.807) is 24.3 Å². The van der Waals surface area contributed by atoms with Crippen molar-refractivity contribution in [2.45, 2.75) is 63.2 Å². The summed E-state index contributed by atoms with van der Waals surface area (Å²) in [6.45, 7) is 1.49. The molecule has 0 saturated carbocycles. The highest BCUT2D eigenvalue weighted by molar-refractivity contribution is 5.84. The number of carbonyl (C=O) groups excluding carboxylic acids is 2. The minimum atomic E-state index is -1.32. The summed E-state index contributed by atoms with van der Waals surface area (Å²) in [6.07, 6.45) is 5.05. The number of rotatable bonds is 13. The van der Waals surface area contributed by atoms with E-state index in [2.05, 4.69) is 31.7 Å². The third-order valence-electron chi connectivity index (χ3n) is 5.63. The molecule has 6 N–H and O–H groups in total. The summed E-state index contributed by atoms with van der Waals surface area (Å²) in [4.78, 5) is 45.7. The summed E-state index contributed by atoms with van der Waals surface area (Å²) in [5.41, 5.74) is 3.49. The number of aliphatic imine (C=N–C) groups is 1. The van der Waals surface area contributed by atoms with Crippen molar-refractivity contribution in [3.05, 3.63) is 35.9 Å². The van der Waals surface area contributed by atoms with E-state index >= 15 is 0 Å². The molecule has 0 aromatic heterocycles. The third-order valence-corrected chi connectivity index (χ3v) is 5.63. The third kappa shape index (κ3) is 9.61. The van der Waals surface area contributed by atoms with Crippen molar-refractivity contribution in [2.24, 2.45) is 4.99 Å². The van der Waals surface area contributed by atoms with Gasteiger partial charge in [0.05, 0.1) is 6.10 Å². The van der Waals surface area contributed by atoms with Gasteiger partial charge in [-0.05, 0) is 37.8 Å². The summed E-state index contributed by atoms with van der Waals surface area (Å²) in [5.74, 6) is -1.67. The van der Waals surface area contributed by atoms with Gasteiger partial charge in [-0.1, -0.05) is 30.3 Å². The first-order valence-electron chi connectivity index (χ1n) is 11.9. The number of nitrogens with one attached hydrogen (secondary N) is 5. The van der Waals surface area contributed by atoms with Gasteiger partial charge in [0.25, 0.3) is 0 Å². The zero-order valence-electron chi connectivity index (χ0n) is 19.6. The van der Waals surface area contributed by atoms with Crippen molar-refractivity contribution < 1.29 is 29.1 Å². The van der Waals surface area contributed by atoms with Crippen LogP contribution in [0.2, 0.25) is 0 Å². The molecule has 1 aromatic carbocycles. The predicted octanol–water partition coefficient (Wildman–Crippen LogP) is 0.252. The van der Waals surface area contributed by atoms with Gasteiger partial charge in [0, 0.05) is 25.7 Å². The van der Waals surface area contributed by atoms with Gasteiger partial charge in [-0.3, -0.25) is 25.3 Å². The number of ether oxygens (including phenoxy) is 1. The number of unbranched alkanes of at least 4 members (excludes halogenated alkanes) is 1. The first-order valence-corrected chi connectivity index (χ1v) is 11.9. The fraction of sp³-hybridized carbons (Fsp3) is 0.565. The molecule has 0 spiro atoms. The molecule has 12 nitrogen and oxygen atoms in total. The second-order valence-electron chi connectivity index (χ2n) is 8.41. The monoisotopic (exact) mass is 490 g/mol. The molecule has 1 fully saturated rings. The summed E-state index contributed by atoms with van der Waals surface area (Å²) >= 11 is 0.